The Morgan fingerprint density at radius 3 is 2.55 bits per heavy atom. The third-order valence-electron chi connectivity index (χ3n) is 4.90. The van der Waals surface area contributed by atoms with Crippen molar-refractivity contribution < 1.29 is 23.0 Å². The molecular weight excluding hydrogens is 432 g/mol. The van der Waals surface area contributed by atoms with Crippen LogP contribution in [0.15, 0.2) is 40.8 Å². The van der Waals surface area contributed by atoms with E-state index in [-0.39, 0.29) is 28.1 Å². The lowest BCUT2D eigenvalue weighted by Crippen LogP contribution is -2.28. The van der Waals surface area contributed by atoms with Crippen LogP contribution in [0.3, 0.4) is 0 Å². The van der Waals surface area contributed by atoms with E-state index in [1.165, 1.54) is 31.6 Å². The number of nitrogens with two attached hydrogens (primary N) is 1. The topological polar surface area (TPSA) is 112 Å². The van der Waals surface area contributed by atoms with Crippen molar-refractivity contribution in [2.75, 3.05) is 12.4 Å². The van der Waals surface area contributed by atoms with Crippen molar-refractivity contribution in [1.82, 2.24) is 9.97 Å². The summed E-state index contributed by atoms with van der Waals surface area (Å²) >= 11 is 6.17. The summed E-state index contributed by atoms with van der Waals surface area (Å²) in [7, 11) is 1.53. The van der Waals surface area contributed by atoms with Crippen LogP contribution in [0.2, 0.25) is 5.02 Å². The zero-order chi connectivity index (χ0) is 22.2. The van der Waals surface area contributed by atoms with Gasteiger partial charge in [-0.15, -0.1) is 8.78 Å². The first kappa shape index (κ1) is 21.0. The van der Waals surface area contributed by atoms with Gasteiger partial charge < -0.3 is 20.5 Å². The number of rotatable bonds is 4. The number of allylic oxidation sites excluding steroid dienone is 1. The first-order valence-corrected chi connectivity index (χ1v) is 9.83. The average molecular weight is 450 g/mol. The standard InChI is InChI=1S/C20H18ClF2N5O3/c1-25-18(10-4-2-3-5-13(10)24)19(29)28-17-9-26-14(8-27-17)11-6-15-16(7-12(11)21)31-20(22,23)30-15/h6-9H,2-5,24H2,1H3,(H,27,28,29). The van der Waals surface area contributed by atoms with Crippen LogP contribution >= 0.6 is 11.6 Å². The number of halogens is 3. The summed E-state index contributed by atoms with van der Waals surface area (Å²) in [6, 6.07) is 2.51. The number of anilines is 1. The number of benzene rings is 1. The van der Waals surface area contributed by atoms with Crippen molar-refractivity contribution in [3.63, 3.8) is 0 Å². The number of aromatic nitrogens is 2. The van der Waals surface area contributed by atoms with Crippen molar-refractivity contribution in [2.24, 2.45) is 10.7 Å². The predicted molar refractivity (Wildman–Crippen MR) is 110 cm³/mol. The van der Waals surface area contributed by atoms with Gasteiger partial charge in [-0.1, -0.05) is 11.6 Å². The first-order valence-electron chi connectivity index (χ1n) is 9.45. The third-order valence-corrected chi connectivity index (χ3v) is 5.21. The summed E-state index contributed by atoms with van der Waals surface area (Å²) in [5.74, 6) is -0.579. The second-order valence-corrected chi connectivity index (χ2v) is 7.38. The maximum absolute atomic E-state index is 13.3. The fourth-order valence-electron chi connectivity index (χ4n) is 3.45. The van der Waals surface area contributed by atoms with E-state index in [2.05, 4.69) is 29.8 Å². The van der Waals surface area contributed by atoms with Crippen LogP contribution in [-0.2, 0) is 4.79 Å². The maximum Gasteiger partial charge on any atom is 0.586 e. The van der Waals surface area contributed by atoms with Crippen molar-refractivity contribution in [1.29, 1.82) is 0 Å². The SMILES string of the molecule is CN=C(C(=O)Nc1cnc(-c2cc3c(cc2Cl)OC(F)(F)O3)cn1)C1=C(N)CCCC1. The second-order valence-electron chi connectivity index (χ2n) is 6.97. The Bertz CT molecular complexity index is 1100. The van der Waals surface area contributed by atoms with Gasteiger partial charge >= 0.3 is 6.29 Å². The molecule has 0 saturated heterocycles. The molecule has 1 aliphatic heterocycles. The Balaban J connectivity index is 1.52. The summed E-state index contributed by atoms with van der Waals surface area (Å²) in [5.41, 5.74) is 8.36. The van der Waals surface area contributed by atoms with E-state index >= 15 is 0 Å². The number of hydrogen-bond acceptors (Lipinski definition) is 7. The molecule has 11 heteroatoms. The van der Waals surface area contributed by atoms with Gasteiger partial charge in [0.2, 0.25) is 0 Å². The predicted octanol–water partition coefficient (Wildman–Crippen LogP) is 3.91. The van der Waals surface area contributed by atoms with Crippen LogP contribution in [0.4, 0.5) is 14.6 Å². The molecule has 0 atom stereocenters. The molecule has 0 saturated carbocycles. The highest BCUT2D eigenvalue weighted by atomic mass is 35.5. The molecule has 0 fully saturated rings. The number of nitrogens with one attached hydrogen (secondary N) is 1. The van der Waals surface area contributed by atoms with Gasteiger partial charge in [0.1, 0.15) is 5.71 Å². The van der Waals surface area contributed by atoms with Crippen LogP contribution in [0.25, 0.3) is 11.3 Å². The van der Waals surface area contributed by atoms with E-state index in [0.29, 0.717) is 23.4 Å². The molecule has 8 nitrogen and oxygen atoms in total. The first-order chi connectivity index (χ1) is 14.8. The molecule has 1 amide bonds. The lowest BCUT2D eigenvalue weighted by molar-refractivity contribution is -0.286. The van der Waals surface area contributed by atoms with Crippen LogP contribution in [0.5, 0.6) is 11.5 Å². The minimum absolute atomic E-state index is 0.131. The molecule has 1 aromatic heterocycles. The second kappa shape index (κ2) is 8.10. The number of amides is 1. The van der Waals surface area contributed by atoms with Gasteiger partial charge in [-0.3, -0.25) is 14.8 Å². The number of ether oxygens (including phenoxy) is 2. The molecule has 2 aromatic rings. The zero-order valence-electron chi connectivity index (χ0n) is 16.4. The Kier molecular flexibility index (Phi) is 5.48. The van der Waals surface area contributed by atoms with Crippen molar-refractivity contribution in [3.05, 3.63) is 40.8 Å². The number of aliphatic imine (C=N–C) groups is 1. The van der Waals surface area contributed by atoms with Gasteiger partial charge in [0, 0.05) is 29.9 Å². The molecule has 0 spiro atoms. The normalized spacial score (nSPS) is 17.6. The van der Waals surface area contributed by atoms with Crippen LogP contribution in [0.1, 0.15) is 25.7 Å². The molecule has 1 aromatic carbocycles. The Morgan fingerprint density at radius 2 is 1.90 bits per heavy atom. The van der Waals surface area contributed by atoms with E-state index in [1.807, 2.05) is 0 Å². The number of hydrogen-bond donors (Lipinski definition) is 2. The van der Waals surface area contributed by atoms with E-state index in [9.17, 15) is 13.6 Å². The Labute approximate surface area is 181 Å². The Hall–Kier alpha value is -3.27. The Morgan fingerprint density at radius 1 is 1.19 bits per heavy atom. The summed E-state index contributed by atoms with van der Waals surface area (Å²) in [5, 5.41) is 2.78. The summed E-state index contributed by atoms with van der Waals surface area (Å²) in [6.45, 7) is 0. The zero-order valence-corrected chi connectivity index (χ0v) is 17.2. The molecule has 2 aliphatic rings. The lowest BCUT2D eigenvalue weighted by atomic mass is 9.93. The van der Waals surface area contributed by atoms with Crippen LogP contribution in [0, 0.1) is 0 Å². The van der Waals surface area contributed by atoms with Gasteiger partial charge in [-0.05, 0) is 31.7 Å². The molecule has 31 heavy (non-hydrogen) atoms. The highest BCUT2D eigenvalue weighted by molar-refractivity contribution is 6.48. The van der Waals surface area contributed by atoms with Crippen LogP contribution < -0.4 is 20.5 Å². The van der Waals surface area contributed by atoms with Crippen molar-refractivity contribution in [2.45, 2.75) is 32.0 Å². The van der Waals surface area contributed by atoms with Gasteiger partial charge in [0.25, 0.3) is 5.91 Å². The molecule has 1 aliphatic carbocycles. The molecule has 2 heterocycles. The van der Waals surface area contributed by atoms with Gasteiger partial charge in [-0.25, -0.2) is 4.98 Å². The van der Waals surface area contributed by atoms with Crippen molar-refractivity contribution >= 4 is 29.0 Å². The molecule has 3 N–H and O–H groups in total. The average Bonchev–Trinajstić information content (AvgIpc) is 3.02. The molecule has 4 rings (SSSR count). The highest BCUT2D eigenvalue weighted by Crippen LogP contribution is 2.45. The van der Waals surface area contributed by atoms with E-state index in [0.717, 1.165) is 24.8 Å². The number of fused-ring (bicyclic) bond motifs is 1. The molecule has 0 unspecified atom stereocenters. The van der Waals surface area contributed by atoms with E-state index in [4.69, 9.17) is 17.3 Å². The fraction of sp³-hybridized carbons (Fsp3) is 0.300. The van der Waals surface area contributed by atoms with Gasteiger partial charge in [0.15, 0.2) is 17.3 Å². The monoisotopic (exact) mass is 449 g/mol. The van der Waals surface area contributed by atoms with Crippen molar-refractivity contribution in [3.8, 4) is 22.8 Å². The summed E-state index contributed by atoms with van der Waals surface area (Å²) in [6.07, 6.45) is 2.29. The van der Waals surface area contributed by atoms with Gasteiger partial charge in [0.05, 0.1) is 23.1 Å². The third kappa shape index (κ3) is 4.29. The highest BCUT2D eigenvalue weighted by Gasteiger charge is 2.44. The largest absolute Gasteiger partial charge is 0.586 e. The number of nitrogens with zero attached hydrogens (tertiary/aromatic N) is 3. The van der Waals surface area contributed by atoms with Crippen LogP contribution in [-0.4, -0.2) is 34.9 Å². The maximum atomic E-state index is 13.3. The van der Waals surface area contributed by atoms with E-state index < -0.39 is 12.2 Å². The summed E-state index contributed by atoms with van der Waals surface area (Å²) in [4.78, 5) is 25.1. The number of alkyl halides is 2. The minimum Gasteiger partial charge on any atom is -0.402 e. The van der Waals surface area contributed by atoms with Gasteiger partial charge in [-0.2, -0.15) is 0 Å². The number of carbonyl (C=O) groups is 1. The molecular formula is C20H18ClF2N5O3. The lowest BCUT2D eigenvalue weighted by Gasteiger charge is -2.18. The summed E-state index contributed by atoms with van der Waals surface area (Å²) < 4.78 is 35.3. The fourth-order valence-corrected chi connectivity index (χ4v) is 3.70. The number of carbonyl (C=O) groups excluding carboxylic acids is 1. The quantitative estimate of drug-likeness (QED) is 0.684. The van der Waals surface area contributed by atoms with E-state index in [1.54, 1.807) is 0 Å². The smallest absolute Gasteiger partial charge is 0.402 e. The molecule has 0 radical (unpaired) electrons. The molecule has 162 valence electrons. The molecule has 0 bridgehead atoms. The minimum atomic E-state index is -3.75.